The van der Waals surface area contributed by atoms with E-state index < -0.39 is 18.1 Å². The minimum atomic E-state index is -1.22. The summed E-state index contributed by atoms with van der Waals surface area (Å²) in [7, 11) is 0. The van der Waals surface area contributed by atoms with Gasteiger partial charge in [0, 0.05) is 41.7 Å². The van der Waals surface area contributed by atoms with Crippen LogP contribution >= 0.6 is 11.6 Å². The Labute approximate surface area is 252 Å². The number of aliphatic carboxylic acids is 1. The molecule has 0 aliphatic carbocycles. The summed E-state index contributed by atoms with van der Waals surface area (Å²) >= 11 is 6.66. The van der Waals surface area contributed by atoms with Crippen LogP contribution in [0.2, 0.25) is 5.02 Å². The van der Waals surface area contributed by atoms with Crippen molar-refractivity contribution in [3.05, 3.63) is 107 Å². The Hall–Kier alpha value is -5.08. The van der Waals surface area contributed by atoms with Crippen LogP contribution in [0, 0.1) is 11.3 Å². The van der Waals surface area contributed by atoms with Gasteiger partial charge in [0.15, 0.2) is 5.75 Å². The molecule has 10 nitrogen and oxygen atoms in total. The first-order valence-electron chi connectivity index (χ1n) is 13.2. The largest absolute Gasteiger partial charge is 0.488 e. The molecule has 0 spiro atoms. The summed E-state index contributed by atoms with van der Waals surface area (Å²) in [6.07, 6.45) is 3.30. The molecule has 0 unspecified atom stereocenters. The van der Waals surface area contributed by atoms with Gasteiger partial charge in [-0.15, -0.1) is 0 Å². The maximum absolute atomic E-state index is 11.6. The zero-order valence-electron chi connectivity index (χ0n) is 22.9. The number of hydrogen-bond acceptors (Lipinski definition) is 9. The van der Waals surface area contributed by atoms with Crippen molar-refractivity contribution >= 4 is 28.5 Å². The van der Waals surface area contributed by atoms with Gasteiger partial charge in [0.1, 0.15) is 30.8 Å². The van der Waals surface area contributed by atoms with Crippen LogP contribution in [-0.4, -0.2) is 43.3 Å². The summed E-state index contributed by atoms with van der Waals surface area (Å²) in [6, 6.07) is 21.3. The van der Waals surface area contributed by atoms with Crippen molar-refractivity contribution in [1.29, 1.82) is 5.26 Å². The Morgan fingerprint density at radius 2 is 1.88 bits per heavy atom. The molecule has 0 amide bonds. The van der Waals surface area contributed by atoms with Gasteiger partial charge in [-0.1, -0.05) is 54.1 Å². The van der Waals surface area contributed by atoms with E-state index in [1.54, 1.807) is 24.4 Å². The van der Waals surface area contributed by atoms with Crippen LogP contribution in [0.15, 0.2) is 85.5 Å². The third-order valence-electron chi connectivity index (χ3n) is 6.61. The third-order valence-corrected chi connectivity index (χ3v) is 6.91. The number of fused-ring (bicyclic) bond motifs is 1. The molecule has 5 rings (SSSR count). The van der Waals surface area contributed by atoms with E-state index in [1.165, 1.54) is 19.4 Å². The van der Waals surface area contributed by atoms with Gasteiger partial charge in [-0.3, -0.25) is 15.1 Å². The van der Waals surface area contributed by atoms with Gasteiger partial charge >= 0.3 is 5.97 Å². The molecular weight excluding hydrogens is 570 g/mol. The lowest BCUT2D eigenvalue weighted by Crippen LogP contribution is -2.44. The fraction of sp³-hybridized carbons (Fsp3) is 0.156. The molecule has 3 N–H and O–H groups in total. The Morgan fingerprint density at radius 1 is 1.07 bits per heavy atom. The molecule has 0 saturated heterocycles. The van der Waals surface area contributed by atoms with E-state index >= 15 is 0 Å². The highest BCUT2D eigenvalue weighted by Gasteiger charge is 2.23. The maximum atomic E-state index is 11.6. The molecule has 2 aromatic heterocycles. The number of nitrogens with zero attached hydrogens (tertiary/aromatic N) is 4. The van der Waals surface area contributed by atoms with Gasteiger partial charge in [0.2, 0.25) is 5.88 Å². The van der Waals surface area contributed by atoms with E-state index in [9.17, 15) is 20.3 Å². The van der Waals surface area contributed by atoms with E-state index in [2.05, 4.69) is 20.3 Å². The molecule has 43 heavy (non-hydrogen) atoms. The molecule has 0 radical (unpaired) electrons. The first-order chi connectivity index (χ1) is 20.8. The molecule has 0 fully saturated rings. The number of nitrogens with one attached hydrogen (secondary N) is 1. The van der Waals surface area contributed by atoms with Crippen LogP contribution < -0.4 is 14.8 Å². The standard InChI is InChI=1S/C32H26ClN5O5/c1-19(39)29(32(40)41)36-16-23-11-26(33)28(12-27(23)42-17-21-10-20(13-34)14-35-15-21)43-31-25-9-5-8-24(30(25)37-18-38-31)22-6-3-2-4-7-22/h2-12,14-15,18-19,29,36,39H,16-17H2,1H3,(H,40,41)/t19-,29-/m1/s1. The molecular formula is C32H26ClN5O5. The van der Waals surface area contributed by atoms with E-state index in [0.717, 1.165) is 11.1 Å². The van der Waals surface area contributed by atoms with E-state index in [-0.39, 0.29) is 29.8 Å². The average molecular weight is 596 g/mol. The van der Waals surface area contributed by atoms with Crippen molar-refractivity contribution < 1.29 is 24.5 Å². The fourth-order valence-electron chi connectivity index (χ4n) is 4.50. The highest BCUT2D eigenvalue weighted by Crippen LogP contribution is 2.38. The van der Waals surface area contributed by atoms with Crippen LogP contribution in [0.5, 0.6) is 17.4 Å². The monoisotopic (exact) mass is 595 g/mol. The second-order valence-corrected chi connectivity index (χ2v) is 10.1. The summed E-state index contributed by atoms with van der Waals surface area (Å²) < 4.78 is 12.3. The number of ether oxygens (including phenoxy) is 2. The number of hydrogen-bond donors (Lipinski definition) is 3. The van der Waals surface area contributed by atoms with Crippen molar-refractivity contribution in [3.8, 4) is 34.6 Å². The lowest BCUT2D eigenvalue weighted by Gasteiger charge is -2.20. The van der Waals surface area contributed by atoms with Gasteiger partial charge in [-0.05, 0) is 30.7 Å². The van der Waals surface area contributed by atoms with E-state index in [0.29, 0.717) is 33.3 Å². The number of halogens is 1. The van der Waals surface area contributed by atoms with Crippen LogP contribution in [0.25, 0.3) is 22.0 Å². The molecule has 2 atom stereocenters. The summed E-state index contributed by atoms with van der Waals surface area (Å²) in [4.78, 5) is 24.6. The molecule has 0 aliphatic rings. The number of pyridine rings is 1. The first-order valence-corrected chi connectivity index (χ1v) is 13.6. The molecule has 5 aromatic rings. The van der Waals surface area contributed by atoms with Crippen molar-refractivity contribution in [3.63, 3.8) is 0 Å². The number of aromatic nitrogens is 3. The zero-order chi connectivity index (χ0) is 30.3. The number of carboxylic acid groups (broad SMARTS) is 1. The van der Waals surface area contributed by atoms with Crippen molar-refractivity contribution in [2.75, 3.05) is 0 Å². The van der Waals surface area contributed by atoms with Crippen molar-refractivity contribution in [1.82, 2.24) is 20.3 Å². The summed E-state index contributed by atoms with van der Waals surface area (Å²) in [5.74, 6) is -0.326. The lowest BCUT2D eigenvalue weighted by atomic mass is 10.0. The molecule has 3 aromatic carbocycles. The molecule has 0 bridgehead atoms. The van der Waals surface area contributed by atoms with Crippen LogP contribution in [-0.2, 0) is 17.9 Å². The number of nitriles is 1. The number of benzene rings is 3. The number of aliphatic hydroxyl groups is 1. The average Bonchev–Trinajstić information content (AvgIpc) is 3.01. The normalized spacial score (nSPS) is 12.3. The smallest absolute Gasteiger partial charge is 0.323 e. The SMILES string of the molecule is C[C@@H](O)[C@@H](NCc1cc(Cl)c(Oc2ncnc3c(-c4ccccc4)cccc23)cc1OCc1cncc(C#N)c1)C(=O)O. The predicted octanol–water partition coefficient (Wildman–Crippen LogP) is 5.51. The van der Waals surface area contributed by atoms with Crippen LogP contribution in [0.1, 0.15) is 23.6 Å². The summed E-state index contributed by atoms with van der Waals surface area (Å²) in [5, 5.41) is 32.3. The van der Waals surface area contributed by atoms with Gasteiger partial charge < -0.3 is 19.7 Å². The zero-order valence-corrected chi connectivity index (χ0v) is 23.7. The number of carboxylic acids is 1. The topological polar surface area (TPSA) is 150 Å². The molecule has 216 valence electrons. The van der Waals surface area contributed by atoms with Gasteiger partial charge in [0.25, 0.3) is 0 Å². The van der Waals surface area contributed by atoms with Crippen molar-refractivity contribution in [2.45, 2.75) is 32.2 Å². The number of para-hydroxylation sites is 1. The number of rotatable bonds is 11. The molecule has 2 heterocycles. The highest BCUT2D eigenvalue weighted by molar-refractivity contribution is 6.32. The Morgan fingerprint density at radius 3 is 2.63 bits per heavy atom. The summed E-state index contributed by atoms with van der Waals surface area (Å²) in [6.45, 7) is 1.47. The summed E-state index contributed by atoms with van der Waals surface area (Å²) in [5.41, 5.74) is 4.17. The second kappa shape index (κ2) is 13.3. The predicted molar refractivity (Wildman–Crippen MR) is 160 cm³/mol. The minimum Gasteiger partial charge on any atom is -0.488 e. The molecule has 0 aliphatic heterocycles. The number of aliphatic hydroxyl groups excluding tert-OH is 1. The van der Waals surface area contributed by atoms with Crippen LogP contribution in [0.4, 0.5) is 0 Å². The Bertz CT molecular complexity index is 1810. The fourth-order valence-corrected chi connectivity index (χ4v) is 4.72. The Kier molecular flexibility index (Phi) is 9.08. The quantitative estimate of drug-likeness (QED) is 0.178. The molecule has 11 heteroatoms. The minimum absolute atomic E-state index is 0.0184. The highest BCUT2D eigenvalue weighted by atomic mass is 35.5. The second-order valence-electron chi connectivity index (χ2n) is 9.66. The van der Waals surface area contributed by atoms with Gasteiger partial charge in [0.05, 0.1) is 27.6 Å². The van der Waals surface area contributed by atoms with E-state index in [1.807, 2.05) is 54.6 Å². The maximum Gasteiger partial charge on any atom is 0.323 e. The van der Waals surface area contributed by atoms with Gasteiger partial charge in [-0.2, -0.15) is 5.26 Å². The molecule has 0 saturated carbocycles. The first kappa shape index (κ1) is 29.4. The lowest BCUT2D eigenvalue weighted by molar-refractivity contribution is -0.142. The Balaban J connectivity index is 1.50. The third kappa shape index (κ3) is 6.88. The van der Waals surface area contributed by atoms with Gasteiger partial charge in [-0.25, -0.2) is 9.97 Å². The van der Waals surface area contributed by atoms with Crippen molar-refractivity contribution in [2.24, 2.45) is 0 Å². The number of carbonyl (C=O) groups is 1. The van der Waals surface area contributed by atoms with Crippen LogP contribution in [0.3, 0.4) is 0 Å². The van der Waals surface area contributed by atoms with E-state index in [4.69, 9.17) is 21.1 Å².